The number of thioether (sulfide) groups is 1. The smallest absolute Gasteiger partial charge is 0.123 e. The van der Waals surface area contributed by atoms with Crippen LogP contribution in [0.3, 0.4) is 0 Å². The molecule has 90 valence electrons. The number of hydrogen-bond donors (Lipinski definition) is 1. The van der Waals surface area contributed by atoms with Gasteiger partial charge in [0.05, 0.1) is 0 Å². The molecule has 0 heterocycles. The Morgan fingerprint density at radius 1 is 1.38 bits per heavy atom. The van der Waals surface area contributed by atoms with E-state index in [1.807, 2.05) is 0 Å². The first-order valence-corrected chi connectivity index (χ1v) is 6.39. The second-order valence-corrected chi connectivity index (χ2v) is 4.80. The summed E-state index contributed by atoms with van der Waals surface area (Å²) in [5.74, 6) is 0.802. The first-order valence-electron chi connectivity index (χ1n) is 5.34. The van der Waals surface area contributed by atoms with Crippen molar-refractivity contribution in [2.24, 2.45) is 5.73 Å². The highest BCUT2D eigenvalue weighted by Crippen LogP contribution is 2.28. The van der Waals surface area contributed by atoms with Gasteiger partial charge in [-0.15, -0.1) is 0 Å². The summed E-state index contributed by atoms with van der Waals surface area (Å²) in [7, 11) is 1.70. The van der Waals surface area contributed by atoms with Gasteiger partial charge in [-0.3, -0.25) is 0 Å². The second kappa shape index (κ2) is 7.65. The van der Waals surface area contributed by atoms with Crippen molar-refractivity contribution in [1.82, 2.24) is 0 Å². The summed E-state index contributed by atoms with van der Waals surface area (Å²) in [4.78, 5) is 0. The molecule has 1 aromatic rings. The van der Waals surface area contributed by atoms with Gasteiger partial charge < -0.3 is 10.5 Å². The predicted molar refractivity (Wildman–Crippen MR) is 67.1 cm³/mol. The van der Waals surface area contributed by atoms with Crippen LogP contribution in [0.1, 0.15) is 17.2 Å². The van der Waals surface area contributed by atoms with E-state index < -0.39 is 0 Å². The van der Waals surface area contributed by atoms with Gasteiger partial charge in [-0.1, -0.05) is 12.1 Å². The number of halogens is 1. The Hall–Kier alpha value is -0.580. The van der Waals surface area contributed by atoms with E-state index in [4.69, 9.17) is 10.5 Å². The highest BCUT2D eigenvalue weighted by atomic mass is 32.2. The number of benzene rings is 1. The van der Waals surface area contributed by atoms with Crippen molar-refractivity contribution in [3.63, 3.8) is 0 Å². The molecule has 0 aliphatic rings. The van der Waals surface area contributed by atoms with E-state index in [1.165, 1.54) is 12.1 Å². The highest BCUT2D eigenvalue weighted by molar-refractivity contribution is 7.99. The Balaban J connectivity index is 2.44. The highest BCUT2D eigenvalue weighted by Gasteiger charge is 2.09. The molecule has 1 rings (SSSR count). The molecule has 0 saturated carbocycles. The van der Waals surface area contributed by atoms with Crippen LogP contribution < -0.4 is 5.73 Å². The molecule has 1 aromatic carbocycles. The molecule has 2 nitrogen and oxygen atoms in total. The largest absolute Gasteiger partial charge is 0.385 e. The quantitative estimate of drug-likeness (QED) is 0.748. The van der Waals surface area contributed by atoms with E-state index in [1.54, 1.807) is 31.0 Å². The van der Waals surface area contributed by atoms with E-state index in [9.17, 15) is 4.39 Å². The van der Waals surface area contributed by atoms with E-state index in [2.05, 4.69) is 0 Å². The lowest BCUT2D eigenvalue weighted by atomic mass is 10.1. The third-order valence-electron chi connectivity index (χ3n) is 2.27. The van der Waals surface area contributed by atoms with Gasteiger partial charge in [0.15, 0.2) is 0 Å². The van der Waals surface area contributed by atoms with Crippen LogP contribution in [-0.4, -0.2) is 26.0 Å². The number of ether oxygens (including phenoxy) is 1. The van der Waals surface area contributed by atoms with Gasteiger partial charge in [-0.2, -0.15) is 11.8 Å². The van der Waals surface area contributed by atoms with Crippen LogP contribution in [0.5, 0.6) is 0 Å². The van der Waals surface area contributed by atoms with Gasteiger partial charge in [-0.25, -0.2) is 4.39 Å². The van der Waals surface area contributed by atoms with Crippen LogP contribution in [0.2, 0.25) is 0 Å². The lowest BCUT2D eigenvalue weighted by Crippen LogP contribution is -2.10. The van der Waals surface area contributed by atoms with Crippen LogP contribution >= 0.6 is 11.8 Å². The van der Waals surface area contributed by atoms with Gasteiger partial charge in [0, 0.05) is 25.5 Å². The van der Waals surface area contributed by atoms with Crippen molar-refractivity contribution in [2.75, 3.05) is 26.0 Å². The summed E-state index contributed by atoms with van der Waals surface area (Å²) in [5.41, 5.74) is 6.80. The monoisotopic (exact) mass is 243 g/mol. The molecule has 1 unspecified atom stereocenters. The summed E-state index contributed by atoms with van der Waals surface area (Å²) in [5, 5.41) is 0.248. The van der Waals surface area contributed by atoms with Crippen LogP contribution in [-0.2, 0) is 4.74 Å². The molecular weight excluding hydrogens is 225 g/mol. The third-order valence-corrected chi connectivity index (χ3v) is 3.66. The molecule has 0 aliphatic carbocycles. The fraction of sp³-hybridized carbons (Fsp3) is 0.500. The molecule has 0 bridgehead atoms. The molecule has 16 heavy (non-hydrogen) atoms. The van der Waals surface area contributed by atoms with Gasteiger partial charge in [0.25, 0.3) is 0 Å². The zero-order valence-electron chi connectivity index (χ0n) is 9.49. The lowest BCUT2D eigenvalue weighted by Gasteiger charge is -2.14. The molecule has 2 N–H and O–H groups in total. The predicted octanol–water partition coefficient (Wildman–Crippen LogP) is 2.60. The normalized spacial score (nSPS) is 12.7. The molecule has 1 atom stereocenters. The van der Waals surface area contributed by atoms with E-state index in [0.29, 0.717) is 6.54 Å². The maximum absolute atomic E-state index is 12.8. The van der Waals surface area contributed by atoms with E-state index >= 15 is 0 Å². The standard InChI is InChI=1S/C12H18FNOS/c1-15-7-2-8-16-12(9-14)10-3-5-11(13)6-4-10/h3-6,12H,2,7-9,14H2,1H3. The second-order valence-electron chi connectivity index (χ2n) is 3.49. The van der Waals surface area contributed by atoms with Crippen molar-refractivity contribution in [3.8, 4) is 0 Å². The van der Waals surface area contributed by atoms with Crippen molar-refractivity contribution in [2.45, 2.75) is 11.7 Å². The fourth-order valence-corrected chi connectivity index (χ4v) is 2.46. The molecule has 0 fully saturated rings. The van der Waals surface area contributed by atoms with Crippen molar-refractivity contribution >= 4 is 11.8 Å². The minimum Gasteiger partial charge on any atom is -0.385 e. The molecule has 4 heteroatoms. The van der Waals surface area contributed by atoms with Gasteiger partial charge in [0.2, 0.25) is 0 Å². The number of methoxy groups -OCH3 is 1. The average Bonchev–Trinajstić information content (AvgIpc) is 2.31. The van der Waals surface area contributed by atoms with Crippen molar-refractivity contribution < 1.29 is 9.13 Å². The average molecular weight is 243 g/mol. The lowest BCUT2D eigenvalue weighted by molar-refractivity contribution is 0.200. The zero-order valence-corrected chi connectivity index (χ0v) is 10.3. The van der Waals surface area contributed by atoms with E-state index in [-0.39, 0.29) is 11.1 Å². The summed E-state index contributed by atoms with van der Waals surface area (Å²) in [6.45, 7) is 1.34. The zero-order chi connectivity index (χ0) is 11.8. The van der Waals surface area contributed by atoms with E-state index in [0.717, 1.165) is 24.3 Å². The Morgan fingerprint density at radius 3 is 2.62 bits per heavy atom. The Bertz CT molecular complexity index is 292. The maximum atomic E-state index is 12.8. The number of hydrogen-bond acceptors (Lipinski definition) is 3. The molecule has 0 saturated heterocycles. The molecule has 0 amide bonds. The SMILES string of the molecule is COCCCSC(CN)c1ccc(F)cc1. The Kier molecular flexibility index (Phi) is 6.45. The Labute approximate surface area is 100 Å². The van der Waals surface area contributed by atoms with Gasteiger partial charge in [0.1, 0.15) is 5.82 Å². The fourth-order valence-electron chi connectivity index (χ4n) is 1.41. The molecule has 0 spiro atoms. The minimum atomic E-state index is -0.205. The summed E-state index contributed by atoms with van der Waals surface area (Å²) in [6, 6.07) is 6.56. The topological polar surface area (TPSA) is 35.2 Å². The number of rotatable bonds is 7. The first kappa shape index (κ1) is 13.5. The van der Waals surface area contributed by atoms with Gasteiger partial charge in [-0.05, 0) is 29.9 Å². The summed E-state index contributed by atoms with van der Waals surface area (Å²) >= 11 is 1.79. The van der Waals surface area contributed by atoms with Crippen LogP contribution in [0.15, 0.2) is 24.3 Å². The number of nitrogens with two attached hydrogens (primary N) is 1. The summed E-state index contributed by atoms with van der Waals surface area (Å²) in [6.07, 6.45) is 1.01. The molecular formula is C12H18FNOS. The maximum Gasteiger partial charge on any atom is 0.123 e. The molecule has 0 aliphatic heterocycles. The van der Waals surface area contributed by atoms with Crippen LogP contribution in [0.25, 0.3) is 0 Å². The van der Waals surface area contributed by atoms with Crippen LogP contribution in [0.4, 0.5) is 4.39 Å². The third kappa shape index (κ3) is 4.51. The molecule has 0 aromatic heterocycles. The van der Waals surface area contributed by atoms with Gasteiger partial charge >= 0.3 is 0 Å². The minimum absolute atomic E-state index is 0.205. The first-order chi connectivity index (χ1) is 7.77. The summed E-state index contributed by atoms with van der Waals surface area (Å²) < 4.78 is 17.7. The molecule has 0 radical (unpaired) electrons. The van der Waals surface area contributed by atoms with Crippen molar-refractivity contribution in [3.05, 3.63) is 35.6 Å². The Morgan fingerprint density at radius 2 is 2.06 bits per heavy atom. The van der Waals surface area contributed by atoms with Crippen LogP contribution in [0, 0.1) is 5.82 Å². The van der Waals surface area contributed by atoms with Crippen molar-refractivity contribution in [1.29, 1.82) is 0 Å².